The molecule has 2 aromatic rings. The van der Waals surface area contributed by atoms with Crippen LogP contribution in [0.1, 0.15) is 22.7 Å². The van der Waals surface area contributed by atoms with Gasteiger partial charge in [-0.15, -0.1) is 24.0 Å². The molecule has 1 aromatic heterocycles. The Morgan fingerprint density at radius 2 is 2.00 bits per heavy atom. The minimum Gasteiger partial charge on any atom is -0.356 e. The molecule has 0 fully saturated rings. The molecular formula is C17H21IN4. The number of aliphatic imine (C=N–C) groups is 1. The minimum absolute atomic E-state index is 0. The van der Waals surface area contributed by atoms with E-state index in [9.17, 15) is 0 Å². The zero-order chi connectivity index (χ0) is 14.5. The summed E-state index contributed by atoms with van der Waals surface area (Å²) in [4.78, 5) is 8.55. The highest BCUT2D eigenvalue weighted by atomic mass is 127. The first kappa shape index (κ1) is 16.7. The third-order valence-corrected chi connectivity index (χ3v) is 3.86. The second-order valence-electron chi connectivity index (χ2n) is 5.23. The number of aromatic nitrogens is 1. The average Bonchev–Trinajstić information content (AvgIpc) is 2.52. The van der Waals surface area contributed by atoms with Crippen LogP contribution in [-0.4, -0.2) is 24.5 Å². The second-order valence-corrected chi connectivity index (χ2v) is 5.23. The Hall–Kier alpha value is -1.63. The fourth-order valence-electron chi connectivity index (χ4n) is 2.66. The fourth-order valence-corrected chi connectivity index (χ4v) is 2.66. The number of fused-ring (bicyclic) bond motifs is 1. The minimum atomic E-state index is 0. The van der Waals surface area contributed by atoms with Gasteiger partial charge in [-0.1, -0.05) is 30.3 Å². The van der Waals surface area contributed by atoms with Crippen molar-refractivity contribution < 1.29 is 0 Å². The van der Waals surface area contributed by atoms with Crippen molar-refractivity contribution in [3.8, 4) is 0 Å². The van der Waals surface area contributed by atoms with Crippen LogP contribution in [0.15, 0.2) is 53.7 Å². The molecule has 3 rings (SSSR count). The maximum Gasteiger partial charge on any atom is 0.191 e. The molecule has 0 saturated heterocycles. The van der Waals surface area contributed by atoms with E-state index in [2.05, 4.69) is 44.9 Å². The van der Waals surface area contributed by atoms with Gasteiger partial charge in [0.05, 0.1) is 12.2 Å². The van der Waals surface area contributed by atoms with Gasteiger partial charge in [0.1, 0.15) is 0 Å². The molecule has 1 heterocycles. The number of hydrogen-bond donors (Lipinski definition) is 2. The van der Waals surface area contributed by atoms with Gasteiger partial charge in [-0.05, 0) is 29.7 Å². The van der Waals surface area contributed by atoms with Crippen molar-refractivity contribution in [1.29, 1.82) is 0 Å². The molecule has 1 atom stereocenters. The number of guanidine groups is 1. The molecule has 0 aliphatic heterocycles. The van der Waals surface area contributed by atoms with Gasteiger partial charge >= 0.3 is 0 Å². The van der Waals surface area contributed by atoms with Crippen LogP contribution >= 0.6 is 24.0 Å². The molecular weight excluding hydrogens is 387 g/mol. The van der Waals surface area contributed by atoms with Gasteiger partial charge in [0.2, 0.25) is 0 Å². The standard InChI is InChI=1S/C17H20N4.HI/c1-18-17(21-12-15-7-4-5-9-19-15)20-11-14-10-13-6-2-3-8-16(13)14;/h2-9,14H,10-12H2,1H3,(H2,18,20,21);1H. The molecule has 1 aliphatic rings. The van der Waals surface area contributed by atoms with Gasteiger partial charge in [0, 0.05) is 25.7 Å². The normalized spacial score (nSPS) is 16.0. The van der Waals surface area contributed by atoms with Crippen molar-refractivity contribution >= 4 is 29.9 Å². The molecule has 1 aromatic carbocycles. The molecule has 5 heteroatoms. The highest BCUT2D eigenvalue weighted by Gasteiger charge is 2.25. The van der Waals surface area contributed by atoms with E-state index in [0.29, 0.717) is 12.5 Å². The molecule has 22 heavy (non-hydrogen) atoms. The van der Waals surface area contributed by atoms with E-state index >= 15 is 0 Å². The molecule has 1 aliphatic carbocycles. The van der Waals surface area contributed by atoms with Crippen LogP contribution in [0, 0.1) is 0 Å². The highest BCUT2D eigenvalue weighted by molar-refractivity contribution is 14.0. The van der Waals surface area contributed by atoms with E-state index in [1.54, 1.807) is 13.2 Å². The zero-order valence-corrected chi connectivity index (χ0v) is 15.0. The number of pyridine rings is 1. The Labute approximate surface area is 148 Å². The maximum atomic E-state index is 4.29. The van der Waals surface area contributed by atoms with Crippen molar-refractivity contribution in [2.24, 2.45) is 4.99 Å². The average molecular weight is 408 g/mol. The molecule has 0 amide bonds. The van der Waals surface area contributed by atoms with Gasteiger partial charge in [-0.25, -0.2) is 0 Å². The number of nitrogens with one attached hydrogen (secondary N) is 2. The van der Waals surface area contributed by atoms with Gasteiger partial charge in [0.15, 0.2) is 5.96 Å². The van der Waals surface area contributed by atoms with E-state index in [4.69, 9.17) is 0 Å². The molecule has 4 nitrogen and oxygen atoms in total. The summed E-state index contributed by atoms with van der Waals surface area (Å²) in [5.74, 6) is 1.42. The summed E-state index contributed by atoms with van der Waals surface area (Å²) in [7, 11) is 1.79. The van der Waals surface area contributed by atoms with E-state index in [0.717, 1.165) is 24.6 Å². The van der Waals surface area contributed by atoms with Crippen LogP contribution in [0.2, 0.25) is 0 Å². The molecule has 0 spiro atoms. The first-order valence-electron chi connectivity index (χ1n) is 7.29. The largest absolute Gasteiger partial charge is 0.356 e. The molecule has 0 saturated carbocycles. The number of hydrogen-bond acceptors (Lipinski definition) is 2. The molecule has 0 bridgehead atoms. The zero-order valence-electron chi connectivity index (χ0n) is 12.6. The van der Waals surface area contributed by atoms with Crippen LogP contribution in [0.25, 0.3) is 0 Å². The van der Waals surface area contributed by atoms with E-state index < -0.39 is 0 Å². The van der Waals surface area contributed by atoms with Crippen molar-refractivity contribution in [3.05, 3.63) is 65.5 Å². The molecule has 116 valence electrons. The Bertz CT molecular complexity index is 628. The predicted octanol–water partition coefficient (Wildman–Crippen LogP) is 2.70. The van der Waals surface area contributed by atoms with Crippen LogP contribution < -0.4 is 10.6 Å². The van der Waals surface area contributed by atoms with E-state index in [1.807, 2.05) is 18.2 Å². The lowest BCUT2D eigenvalue weighted by Crippen LogP contribution is -2.40. The van der Waals surface area contributed by atoms with Crippen molar-refractivity contribution in [2.45, 2.75) is 18.9 Å². The summed E-state index contributed by atoms with van der Waals surface area (Å²) in [6, 6.07) is 14.6. The van der Waals surface area contributed by atoms with E-state index in [-0.39, 0.29) is 24.0 Å². The lowest BCUT2D eigenvalue weighted by molar-refractivity contribution is 0.583. The summed E-state index contributed by atoms with van der Waals surface area (Å²) in [6.07, 6.45) is 2.96. The quantitative estimate of drug-likeness (QED) is 0.465. The SMILES string of the molecule is CN=C(NCc1ccccn1)NCC1Cc2ccccc21.I. The maximum absolute atomic E-state index is 4.29. The highest BCUT2D eigenvalue weighted by Crippen LogP contribution is 2.33. The molecule has 2 N–H and O–H groups in total. The Morgan fingerprint density at radius 1 is 1.18 bits per heavy atom. The lowest BCUT2D eigenvalue weighted by atomic mass is 9.78. The van der Waals surface area contributed by atoms with Gasteiger partial charge in [-0.2, -0.15) is 0 Å². The number of nitrogens with zero attached hydrogens (tertiary/aromatic N) is 2. The predicted molar refractivity (Wildman–Crippen MR) is 101 cm³/mol. The fraction of sp³-hybridized carbons (Fsp3) is 0.294. The van der Waals surface area contributed by atoms with Gasteiger partial charge in [0.25, 0.3) is 0 Å². The van der Waals surface area contributed by atoms with Gasteiger partial charge < -0.3 is 10.6 Å². The van der Waals surface area contributed by atoms with Crippen LogP contribution in [-0.2, 0) is 13.0 Å². The van der Waals surface area contributed by atoms with Crippen LogP contribution in [0.3, 0.4) is 0 Å². The Balaban J connectivity index is 0.00000176. The summed E-state index contributed by atoms with van der Waals surface area (Å²) in [5.41, 5.74) is 3.94. The van der Waals surface area contributed by atoms with Crippen LogP contribution in [0.4, 0.5) is 0 Å². The summed E-state index contributed by atoms with van der Waals surface area (Å²) in [6.45, 7) is 1.60. The first-order valence-corrected chi connectivity index (χ1v) is 7.29. The van der Waals surface area contributed by atoms with Gasteiger partial charge in [-0.3, -0.25) is 9.98 Å². The van der Waals surface area contributed by atoms with Crippen molar-refractivity contribution in [1.82, 2.24) is 15.6 Å². The third-order valence-electron chi connectivity index (χ3n) is 3.86. The van der Waals surface area contributed by atoms with Crippen molar-refractivity contribution in [2.75, 3.05) is 13.6 Å². The monoisotopic (exact) mass is 408 g/mol. The lowest BCUT2D eigenvalue weighted by Gasteiger charge is -2.30. The smallest absolute Gasteiger partial charge is 0.191 e. The number of benzene rings is 1. The first-order chi connectivity index (χ1) is 10.4. The van der Waals surface area contributed by atoms with Crippen LogP contribution in [0.5, 0.6) is 0 Å². The third kappa shape index (κ3) is 3.97. The molecule has 1 unspecified atom stereocenters. The topological polar surface area (TPSA) is 49.3 Å². The second kappa shape index (κ2) is 8.12. The summed E-state index contributed by atoms with van der Waals surface area (Å²) in [5, 5.41) is 6.68. The summed E-state index contributed by atoms with van der Waals surface area (Å²) >= 11 is 0. The van der Waals surface area contributed by atoms with E-state index in [1.165, 1.54) is 11.1 Å². The Morgan fingerprint density at radius 3 is 2.73 bits per heavy atom. The Kier molecular flexibility index (Phi) is 6.18. The number of halogens is 1. The summed E-state index contributed by atoms with van der Waals surface area (Å²) < 4.78 is 0. The molecule has 0 radical (unpaired) electrons. The van der Waals surface area contributed by atoms with Crippen molar-refractivity contribution in [3.63, 3.8) is 0 Å². The number of rotatable bonds is 4.